The van der Waals surface area contributed by atoms with E-state index in [1.165, 1.54) is 4.50 Å². The third-order valence-corrected chi connectivity index (χ3v) is 7.82. The van der Waals surface area contributed by atoms with Gasteiger partial charge in [-0.25, -0.2) is 0 Å². The lowest BCUT2D eigenvalue weighted by Gasteiger charge is -2.16. The SMILES string of the molecule is CCCC/C(C=O)=C/[Si](C)(C)c1cccs1. The summed E-state index contributed by atoms with van der Waals surface area (Å²) in [6.07, 6.45) is 4.23. The van der Waals surface area contributed by atoms with Crippen molar-refractivity contribution >= 4 is 30.2 Å². The molecule has 0 atom stereocenters. The van der Waals surface area contributed by atoms with Crippen LogP contribution in [0.1, 0.15) is 26.2 Å². The van der Waals surface area contributed by atoms with Crippen LogP contribution in [0.4, 0.5) is 0 Å². The molecule has 0 bridgehead atoms. The number of unbranched alkanes of at least 4 members (excludes halogenated alkanes) is 1. The molecule has 0 amide bonds. The van der Waals surface area contributed by atoms with Crippen LogP contribution in [-0.4, -0.2) is 14.4 Å². The summed E-state index contributed by atoms with van der Waals surface area (Å²) in [4.78, 5) is 11.0. The van der Waals surface area contributed by atoms with Crippen LogP contribution in [0, 0.1) is 0 Å². The Morgan fingerprint density at radius 2 is 2.25 bits per heavy atom. The molecule has 3 heteroatoms. The lowest BCUT2D eigenvalue weighted by atomic mass is 10.1. The zero-order valence-electron chi connectivity index (χ0n) is 10.3. The summed E-state index contributed by atoms with van der Waals surface area (Å²) in [6, 6.07) is 4.28. The van der Waals surface area contributed by atoms with Crippen LogP contribution in [0.5, 0.6) is 0 Å². The van der Waals surface area contributed by atoms with Crippen molar-refractivity contribution in [2.24, 2.45) is 0 Å². The maximum Gasteiger partial charge on any atom is 0.145 e. The van der Waals surface area contributed by atoms with Crippen LogP contribution in [0.15, 0.2) is 28.8 Å². The summed E-state index contributed by atoms with van der Waals surface area (Å²) in [7, 11) is -1.54. The Hall–Kier alpha value is -0.673. The molecule has 1 nitrogen and oxygen atoms in total. The van der Waals surface area contributed by atoms with Gasteiger partial charge >= 0.3 is 0 Å². The maximum atomic E-state index is 11.0. The van der Waals surface area contributed by atoms with E-state index in [9.17, 15) is 4.79 Å². The molecule has 0 aliphatic heterocycles. The second kappa shape index (κ2) is 6.16. The highest BCUT2D eigenvalue weighted by Crippen LogP contribution is 2.14. The Labute approximate surface area is 103 Å². The Morgan fingerprint density at radius 3 is 2.75 bits per heavy atom. The van der Waals surface area contributed by atoms with Gasteiger partial charge in [0.15, 0.2) is 0 Å². The number of allylic oxidation sites excluding steroid dienone is 1. The fourth-order valence-electron chi connectivity index (χ4n) is 1.73. The molecule has 0 aliphatic carbocycles. The molecule has 0 saturated carbocycles. The smallest absolute Gasteiger partial charge is 0.145 e. The van der Waals surface area contributed by atoms with Gasteiger partial charge in [0.05, 0.1) is 0 Å². The zero-order valence-corrected chi connectivity index (χ0v) is 12.1. The fourth-order valence-corrected chi connectivity index (χ4v) is 5.59. The highest BCUT2D eigenvalue weighted by molar-refractivity contribution is 7.26. The number of rotatable bonds is 6. The summed E-state index contributed by atoms with van der Waals surface area (Å²) in [5.41, 5.74) is 3.24. The van der Waals surface area contributed by atoms with E-state index in [0.29, 0.717) is 0 Å². The molecule has 1 aromatic heterocycles. The van der Waals surface area contributed by atoms with Gasteiger partial charge in [0, 0.05) is 0 Å². The van der Waals surface area contributed by atoms with E-state index in [1.54, 1.807) is 0 Å². The Kier molecular flexibility index (Phi) is 5.15. The van der Waals surface area contributed by atoms with Gasteiger partial charge < -0.3 is 0 Å². The van der Waals surface area contributed by atoms with E-state index in [2.05, 4.69) is 43.2 Å². The second-order valence-electron chi connectivity index (χ2n) is 4.64. The van der Waals surface area contributed by atoms with Crippen LogP contribution >= 0.6 is 11.3 Å². The molecule has 0 N–H and O–H groups in total. The van der Waals surface area contributed by atoms with Gasteiger partial charge in [0.25, 0.3) is 0 Å². The Morgan fingerprint density at radius 1 is 1.50 bits per heavy atom. The standard InChI is InChI=1S/C13H20OSSi/c1-4-5-7-12(10-14)11-16(2,3)13-8-6-9-15-13/h6,8-11H,4-5,7H2,1-3H3/b12-11-. The number of aldehydes is 1. The third-order valence-electron chi connectivity index (χ3n) is 2.67. The lowest BCUT2D eigenvalue weighted by molar-refractivity contribution is -0.105. The highest BCUT2D eigenvalue weighted by atomic mass is 32.1. The van der Waals surface area contributed by atoms with Gasteiger partial charge in [0.1, 0.15) is 14.4 Å². The van der Waals surface area contributed by atoms with Gasteiger partial charge in [0.2, 0.25) is 0 Å². The van der Waals surface area contributed by atoms with Gasteiger partial charge in [-0.2, -0.15) is 11.3 Å². The summed E-state index contributed by atoms with van der Waals surface area (Å²) in [6.45, 7) is 6.76. The van der Waals surface area contributed by atoms with Gasteiger partial charge in [-0.1, -0.05) is 44.3 Å². The van der Waals surface area contributed by atoms with Gasteiger partial charge in [-0.05, 0) is 28.3 Å². The molecule has 16 heavy (non-hydrogen) atoms. The average molecular weight is 252 g/mol. The molecule has 0 radical (unpaired) electrons. The van der Waals surface area contributed by atoms with Crippen LogP contribution in [-0.2, 0) is 4.79 Å². The second-order valence-corrected chi connectivity index (χ2v) is 10.2. The summed E-state index contributed by atoms with van der Waals surface area (Å²) < 4.78 is 1.45. The first-order valence-corrected chi connectivity index (χ1v) is 9.76. The molecule has 88 valence electrons. The monoisotopic (exact) mass is 252 g/mol. The van der Waals surface area contributed by atoms with E-state index >= 15 is 0 Å². The largest absolute Gasteiger partial charge is 0.298 e. The van der Waals surface area contributed by atoms with Gasteiger partial charge in [-0.3, -0.25) is 4.79 Å². The first-order chi connectivity index (χ1) is 7.60. The molecular weight excluding hydrogens is 232 g/mol. The number of hydrogen-bond acceptors (Lipinski definition) is 2. The van der Waals surface area contributed by atoms with E-state index in [4.69, 9.17) is 0 Å². The number of carbonyl (C=O) groups excluding carboxylic acids is 1. The van der Waals surface area contributed by atoms with Crippen molar-refractivity contribution in [2.45, 2.75) is 39.3 Å². The van der Waals surface area contributed by atoms with E-state index in [0.717, 1.165) is 31.1 Å². The molecular formula is C13H20OSSi. The van der Waals surface area contributed by atoms with Crippen LogP contribution < -0.4 is 4.50 Å². The van der Waals surface area contributed by atoms with E-state index in [-0.39, 0.29) is 0 Å². The molecule has 1 aromatic rings. The summed E-state index contributed by atoms with van der Waals surface area (Å²) >= 11 is 1.81. The van der Waals surface area contributed by atoms with Crippen LogP contribution in [0.3, 0.4) is 0 Å². The van der Waals surface area contributed by atoms with Gasteiger partial charge in [-0.15, -0.1) is 0 Å². The van der Waals surface area contributed by atoms with Crippen molar-refractivity contribution < 1.29 is 4.79 Å². The zero-order chi connectivity index (χ0) is 12.0. The molecule has 1 rings (SSSR count). The predicted octanol–water partition coefficient (Wildman–Crippen LogP) is 3.52. The van der Waals surface area contributed by atoms with Crippen molar-refractivity contribution in [3.05, 3.63) is 28.8 Å². The van der Waals surface area contributed by atoms with E-state index < -0.39 is 8.07 Å². The maximum absolute atomic E-state index is 11.0. The minimum Gasteiger partial charge on any atom is -0.298 e. The molecule has 0 aliphatic rings. The van der Waals surface area contributed by atoms with E-state index in [1.807, 2.05) is 11.3 Å². The first kappa shape index (κ1) is 13.4. The summed E-state index contributed by atoms with van der Waals surface area (Å²) in [5, 5.41) is 2.12. The molecule has 0 saturated heterocycles. The highest BCUT2D eigenvalue weighted by Gasteiger charge is 2.22. The summed E-state index contributed by atoms with van der Waals surface area (Å²) in [5.74, 6) is 0. The van der Waals surface area contributed by atoms with Crippen LogP contribution in [0.2, 0.25) is 13.1 Å². The quantitative estimate of drug-likeness (QED) is 0.430. The van der Waals surface area contributed by atoms with Crippen molar-refractivity contribution in [1.82, 2.24) is 0 Å². The average Bonchev–Trinajstić information content (AvgIpc) is 2.78. The third kappa shape index (κ3) is 3.72. The molecule has 0 fully saturated rings. The minimum atomic E-state index is -1.54. The lowest BCUT2D eigenvalue weighted by Crippen LogP contribution is -2.37. The number of hydrogen-bond donors (Lipinski definition) is 0. The van der Waals surface area contributed by atoms with Crippen molar-refractivity contribution in [1.29, 1.82) is 0 Å². The topological polar surface area (TPSA) is 17.1 Å². The van der Waals surface area contributed by atoms with Crippen molar-refractivity contribution in [3.63, 3.8) is 0 Å². The molecule has 0 unspecified atom stereocenters. The predicted molar refractivity (Wildman–Crippen MR) is 75.1 cm³/mol. The normalized spacial score (nSPS) is 12.8. The molecule has 1 heterocycles. The van der Waals surface area contributed by atoms with Crippen molar-refractivity contribution in [2.75, 3.05) is 0 Å². The fraction of sp³-hybridized carbons (Fsp3) is 0.462. The molecule has 0 spiro atoms. The number of carbonyl (C=O) groups is 1. The minimum absolute atomic E-state index is 0.932. The number of thiophene rings is 1. The Balaban J connectivity index is 2.82. The van der Waals surface area contributed by atoms with Crippen LogP contribution in [0.25, 0.3) is 0 Å². The molecule has 0 aromatic carbocycles. The van der Waals surface area contributed by atoms with Crippen molar-refractivity contribution in [3.8, 4) is 0 Å². The first-order valence-electron chi connectivity index (χ1n) is 5.81. The Bertz CT molecular complexity index is 352.